The minimum atomic E-state index is -0.268. The maximum Gasteiger partial charge on any atom is 0.262 e. The predicted octanol–water partition coefficient (Wildman–Crippen LogP) is 3.84. The Morgan fingerprint density at radius 2 is 1.85 bits per heavy atom. The van der Waals surface area contributed by atoms with Gasteiger partial charge < -0.3 is 15.0 Å². The van der Waals surface area contributed by atoms with Gasteiger partial charge in [-0.1, -0.05) is 32.0 Å². The maximum absolute atomic E-state index is 12.2. The lowest BCUT2D eigenvalue weighted by molar-refractivity contribution is -0.118. The molecule has 2 rings (SSSR count). The van der Waals surface area contributed by atoms with Crippen LogP contribution in [0, 0.1) is 6.92 Å². The van der Waals surface area contributed by atoms with Crippen LogP contribution in [-0.4, -0.2) is 37.4 Å². The highest BCUT2D eigenvalue weighted by Gasteiger charge is 2.12. The first-order chi connectivity index (χ1) is 12.3. The van der Waals surface area contributed by atoms with Crippen molar-refractivity contribution in [2.75, 3.05) is 26.0 Å². The third-order valence-corrected chi connectivity index (χ3v) is 3.95. The van der Waals surface area contributed by atoms with Crippen LogP contribution in [0.25, 0.3) is 0 Å². The number of rotatable bonds is 6. The molecule has 0 saturated carbocycles. The summed E-state index contributed by atoms with van der Waals surface area (Å²) in [6, 6.07) is 12.9. The number of ether oxygens (including phenoxy) is 1. The number of carbonyl (C=O) groups excluding carboxylic acids is 2. The fraction of sp³-hybridized carbons (Fsp3) is 0.333. The Labute approximate surface area is 155 Å². The molecule has 2 aromatic carbocycles. The van der Waals surface area contributed by atoms with E-state index in [2.05, 4.69) is 19.2 Å². The second-order valence-electron chi connectivity index (χ2n) is 6.81. The lowest BCUT2D eigenvalue weighted by atomic mass is 10.0. The quantitative estimate of drug-likeness (QED) is 0.857. The molecule has 0 unspecified atom stereocenters. The highest BCUT2D eigenvalue weighted by Crippen LogP contribution is 2.27. The van der Waals surface area contributed by atoms with Crippen molar-refractivity contribution < 1.29 is 14.3 Å². The summed E-state index contributed by atoms with van der Waals surface area (Å²) in [5.41, 5.74) is 3.25. The fourth-order valence-electron chi connectivity index (χ4n) is 2.57. The van der Waals surface area contributed by atoms with E-state index in [1.807, 2.05) is 25.1 Å². The first-order valence-electron chi connectivity index (χ1n) is 8.63. The van der Waals surface area contributed by atoms with Gasteiger partial charge in [0.1, 0.15) is 5.75 Å². The van der Waals surface area contributed by atoms with Crippen LogP contribution in [0.1, 0.15) is 41.3 Å². The molecule has 0 heterocycles. The van der Waals surface area contributed by atoms with Gasteiger partial charge >= 0.3 is 0 Å². The molecule has 0 aliphatic rings. The van der Waals surface area contributed by atoms with Crippen molar-refractivity contribution in [1.29, 1.82) is 0 Å². The van der Waals surface area contributed by atoms with Crippen LogP contribution in [0.4, 0.5) is 5.69 Å². The Morgan fingerprint density at radius 3 is 2.50 bits per heavy atom. The third-order valence-electron chi connectivity index (χ3n) is 3.95. The van der Waals surface area contributed by atoms with Crippen molar-refractivity contribution in [2.45, 2.75) is 26.7 Å². The lowest BCUT2D eigenvalue weighted by Gasteiger charge is -2.15. The van der Waals surface area contributed by atoms with Crippen LogP contribution in [0.2, 0.25) is 0 Å². The van der Waals surface area contributed by atoms with Crippen molar-refractivity contribution >= 4 is 17.5 Å². The van der Waals surface area contributed by atoms with Gasteiger partial charge in [0.25, 0.3) is 11.8 Å². The molecule has 0 spiro atoms. The molecule has 0 aliphatic heterocycles. The number of carbonyl (C=O) groups is 2. The Hall–Kier alpha value is -2.82. The molecule has 0 aromatic heterocycles. The van der Waals surface area contributed by atoms with Crippen LogP contribution in [0.5, 0.6) is 5.75 Å². The molecule has 5 heteroatoms. The van der Waals surface area contributed by atoms with Gasteiger partial charge in [-0.25, -0.2) is 0 Å². The van der Waals surface area contributed by atoms with Gasteiger partial charge in [-0.15, -0.1) is 0 Å². The largest absolute Gasteiger partial charge is 0.483 e. The van der Waals surface area contributed by atoms with E-state index in [0.29, 0.717) is 17.2 Å². The molecular formula is C21H26N2O3. The normalized spacial score (nSPS) is 10.5. The van der Waals surface area contributed by atoms with Crippen LogP contribution in [-0.2, 0) is 4.79 Å². The van der Waals surface area contributed by atoms with Crippen molar-refractivity contribution in [3.8, 4) is 5.75 Å². The molecule has 0 saturated heterocycles. The number of nitrogens with zero attached hydrogens (tertiary/aromatic N) is 1. The summed E-state index contributed by atoms with van der Waals surface area (Å²) in [4.78, 5) is 25.7. The molecule has 138 valence electrons. The van der Waals surface area contributed by atoms with Crippen molar-refractivity contribution in [3.05, 3.63) is 59.2 Å². The molecule has 0 bridgehead atoms. The minimum absolute atomic E-state index is 0.0883. The molecular weight excluding hydrogens is 328 g/mol. The van der Waals surface area contributed by atoms with Gasteiger partial charge in [0, 0.05) is 25.3 Å². The number of benzene rings is 2. The number of hydrogen-bond acceptors (Lipinski definition) is 3. The molecule has 0 fully saturated rings. The molecule has 0 aliphatic carbocycles. The topological polar surface area (TPSA) is 58.6 Å². The number of amides is 2. The van der Waals surface area contributed by atoms with E-state index >= 15 is 0 Å². The summed E-state index contributed by atoms with van der Waals surface area (Å²) in [6.45, 7) is 6.08. The summed E-state index contributed by atoms with van der Waals surface area (Å²) in [6.07, 6.45) is 0. The Bertz CT molecular complexity index is 798. The maximum atomic E-state index is 12.2. The summed E-state index contributed by atoms with van der Waals surface area (Å²) in [5, 5.41) is 2.77. The average molecular weight is 354 g/mol. The van der Waals surface area contributed by atoms with Gasteiger partial charge in [0.2, 0.25) is 0 Å². The first-order valence-corrected chi connectivity index (χ1v) is 8.63. The summed E-state index contributed by atoms with van der Waals surface area (Å²) >= 11 is 0. The third kappa shape index (κ3) is 5.09. The van der Waals surface area contributed by atoms with E-state index in [1.54, 1.807) is 38.4 Å². The second-order valence-corrected chi connectivity index (χ2v) is 6.81. The van der Waals surface area contributed by atoms with E-state index in [-0.39, 0.29) is 18.4 Å². The molecule has 26 heavy (non-hydrogen) atoms. The first kappa shape index (κ1) is 19.5. The van der Waals surface area contributed by atoms with Gasteiger partial charge in [0.15, 0.2) is 6.61 Å². The van der Waals surface area contributed by atoms with Gasteiger partial charge in [-0.05, 0) is 48.2 Å². The Balaban J connectivity index is 2.03. The Kier molecular flexibility index (Phi) is 6.39. The van der Waals surface area contributed by atoms with Crippen LogP contribution >= 0.6 is 0 Å². The van der Waals surface area contributed by atoms with Crippen molar-refractivity contribution in [3.63, 3.8) is 0 Å². The SMILES string of the molecule is Cc1ccc(C(C)C)c(OCC(=O)Nc2cccc(C(=O)N(C)C)c2)c1. The number of aryl methyl sites for hydroxylation is 1. The average Bonchev–Trinajstić information content (AvgIpc) is 2.59. The molecule has 2 amide bonds. The highest BCUT2D eigenvalue weighted by molar-refractivity contribution is 5.97. The number of hydrogen-bond donors (Lipinski definition) is 1. The molecule has 0 radical (unpaired) electrons. The smallest absolute Gasteiger partial charge is 0.262 e. The number of anilines is 1. The predicted molar refractivity (Wildman–Crippen MR) is 104 cm³/mol. The zero-order chi connectivity index (χ0) is 19.3. The minimum Gasteiger partial charge on any atom is -0.483 e. The van der Waals surface area contributed by atoms with Gasteiger partial charge in [-0.2, -0.15) is 0 Å². The van der Waals surface area contributed by atoms with E-state index in [9.17, 15) is 9.59 Å². The number of nitrogens with one attached hydrogen (secondary N) is 1. The summed E-state index contributed by atoms with van der Waals surface area (Å²) in [5.74, 6) is 0.656. The Morgan fingerprint density at radius 1 is 1.12 bits per heavy atom. The second kappa shape index (κ2) is 8.52. The monoisotopic (exact) mass is 354 g/mol. The molecule has 1 N–H and O–H groups in total. The van der Waals surface area contributed by atoms with Crippen LogP contribution in [0.15, 0.2) is 42.5 Å². The zero-order valence-electron chi connectivity index (χ0n) is 16.0. The summed E-state index contributed by atoms with van der Waals surface area (Å²) in [7, 11) is 3.38. The lowest BCUT2D eigenvalue weighted by Crippen LogP contribution is -2.23. The fourth-order valence-corrected chi connectivity index (χ4v) is 2.57. The highest BCUT2D eigenvalue weighted by atomic mass is 16.5. The molecule has 0 atom stereocenters. The molecule has 5 nitrogen and oxygen atoms in total. The van der Waals surface area contributed by atoms with E-state index in [0.717, 1.165) is 16.9 Å². The van der Waals surface area contributed by atoms with Crippen LogP contribution in [0.3, 0.4) is 0 Å². The molecule has 2 aromatic rings. The van der Waals surface area contributed by atoms with Crippen molar-refractivity contribution in [1.82, 2.24) is 4.90 Å². The van der Waals surface area contributed by atoms with E-state index < -0.39 is 0 Å². The van der Waals surface area contributed by atoms with Crippen molar-refractivity contribution in [2.24, 2.45) is 0 Å². The van der Waals surface area contributed by atoms with Gasteiger partial charge in [0.05, 0.1) is 0 Å². The van der Waals surface area contributed by atoms with Crippen LogP contribution < -0.4 is 10.1 Å². The van der Waals surface area contributed by atoms with E-state index in [1.165, 1.54) is 4.90 Å². The van der Waals surface area contributed by atoms with Gasteiger partial charge in [-0.3, -0.25) is 9.59 Å². The standard InChI is InChI=1S/C21H26N2O3/c1-14(2)18-10-9-15(3)11-19(18)26-13-20(24)22-17-8-6-7-16(12-17)21(25)23(4)5/h6-12,14H,13H2,1-5H3,(H,22,24). The zero-order valence-corrected chi connectivity index (χ0v) is 16.0. The summed E-state index contributed by atoms with van der Waals surface area (Å²) < 4.78 is 5.74. The van der Waals surface area contributed by atoms with E-state index in [4.69, 9.17) is 4.74 Å².